The number of halogens is 1. The fraction of sp³-hybridized carbons (Fsp3) is 0.320. The molecule has 0 spiro atoms. The third-order valence-electron chi connectivity index (χ3n) is 6.56. The highest BCUT2D eigenvalue weighted by molar-refractivity contribution is 5.89. The van der Waals surface area contributed by atoms with Crippen LogP contribution in [0, 0.1) is 5.82 Å². The van der Waals surface area contributed by atoms with Crippen molar-refractivity contribution in [3.63, 3.8) is 0 Å². The number of benzene rings is 2. The minimum atomic E-state index is -0.556. The van der Waals surface area contributed by atoms with E-state index in [1.165, 1.54) is 12.1 Å². The molecule has 0 bridgehead atoms. The van der Waals surface area contributed by atoms with E-state index < -0.39 is 5.41 Å². The van der Waals surface area contributed by atoms with Crippen LogP contribution in [0.3, 0.4) is 0 Å². The molecule has 5 rings (SSSR count). The van der Waals surface area contributed by atoms with Crippen molar-refractivity contribution in [3.8, 4) is 11.4 Å². The van der Waals surface area contributed by atoms with Gasteiger partial charge in [-0.1, -0.05) is 48.9 Å². The lowest BCUT2D eigenvalue weighted by Gasteiger charge is -2.46. The van der Waals surface area contributed by atoms with Gasteiger partial charge < -0.3 is 9.80 Å². The summed E-state index contributed by atoms with van der Waals surface area (Å²) < 4.78 is 13.8. The third-order valence-corrected chi connectivity index (χ3v) is 6.56. The van der Waals surface area contributed by atoms with E-state index in [0.29, 0.717) is 18.9 Å². The quantitative estimate of drug-likeness (QED) is 0.644. The lowest BCUT2D eigenvalue weighted by Crippen LogP contribution is -2.57. The summed E-state index contributed by atoms with van der Waals surface area (Å²) in [6.45, 7) is 2.72. The summed E-state index contributed by atoms with van der Waals surface area (Å²) in [5, 5.41) is 0. The highest BCUT2D eigenvalue weighted by Gasteiger charge is 2.48. The fourth-order valence-electron chi connectivity index (χ4n) is 4.64. The molecule has 158 valence electrons. The van der Waals surface area contributed by atoms with Gasteiger partial charge in [-0.25, -0.2) is 14.4 Å². The van der Waals surface area contributed by atoms with Crippen molar-refractivity contribution in [2.45, 2.75) is 24.7 Å². The van der Waals surface area contributed by atoms with Gasteiger partial charge in [-0.15, -0.1) is 0 Å². The van der Waals surface area contributed by atoms with Gasteiger partial charge >= 0.3 is 0 Å². The largest absolute Gasteiger partial charge is 0.353 e. The van der Waals surface area contributed by atoms with Crippen molar-refractivity contribution in [3.05, 3.63) is 78.2 Å². The zero-order chi connectivity index (χ0) is 21.3. The summed E-state index contributed by atoms with van der Waals surface area (Å²) in [5.41, 5.74) is 1.24. The number of piperazine rings is 1. The van der Waals surface area contributed by atoms with E-state index in [9.17, 15) is 9.18 Å². The van der Waals surface area contributed by atoms with Crippen LogP contribution in [0.5, 0.6) is 0 Å². The Balaban J connectivity index is 1.29. The van der Waals surface area contributed by atoms with Gasteiger partial charge in [0, 0.05) is 37.9 Å². The van der Waals surface area contributed by atoms with Crippen LogP contribution in [0.1, 0.15) is 24.8 Å². The summed E-state index contributed by atoms with van der Waals surface area (Å²) in [5.74, 6) is 1.44. The second-order valence-electron chi connectivity index (χ2n) is 8.33. The maximum atomic E-state index is 13.8. The lowest BCUT2D eigenvalue weighted by molar-refractivity contribution is -0.141. The average Bonchev–Trinajstić information content (AvgIpc) is 2.79. The minimum absolute atomic E-state index is 0.136. The first-order valence-electron chi connectivity index (χ1n) is 10.8. The molecule has 6 heteroatoms. The van der Waals surface area contributed by atoms with Crippen LogP contribution in [0.4, 0.5) is 10.2 Å². The molecule has 3 aromatic rings. The van der Waals surface area contributed by atoms with Gasteiger partial charge in [0.2, 0.25) is 5.91 Å². The second kappa shape index (κ2) is 8.10. The number of carbonyl (C=O) groups is 1. The standard InChI is InChI=1S/C25H25FN4O/c26-21-9-4-8-20(18-21)25(11-5-12-25)24(31)30-16-14-29(15-17-30)22-10-13-27-23(28-22)19-6-2-1-3-7-19/h1-4,6-10,13,18H,5,11-12,14-17H2. The number of aromatic nitrogens is 2. The van der Waals surface area contributed by atoms with Crippen molar-refractivity contribution < 1.29 is 9.18 Å². The topological polar surface area (TPSA) is 49.3 Å². The molecule has 1 amide bonds. The van der Waals surface area contributed by atoms with Crippen molar-refractivity contribution in [1.82, 2.24) is 14.9 Å². The van der Waals surface area contributed by atoms with E-state index in [-0.39, 0.29) is 11.7 Å². The molecule has 2 fully saturated rings. The lowest BCUT2D eigenvalue weighted by atomic mass is 9.63. The molecule has 1 aromatic heterocycles. The molecule has 31 heavy (non-hydrogen) atoms. The van der Waals surface area contributed by atoms with Crippen LogP contribution in [-0.2, 0) is 10.2 Å². The average molecular weight is 417 g/mol. The predicted molar refractivity (Wildman–Crippen MR) is 118 cm³/mol. The van der Waals surface area contributed by atoms with Gasteiger partial charge in [-0.3, -0.25) is 4.79 Å². The van der Waals surface area contributed by atoms with Gasteiger partial charge in [-0.05, 0) is 36.6 Å². The zero-order valence-corrected chi connectivity index (χ0v) is 17.4. The number of carbonyl (C=O) groups excluding carboxylic acids is 1. The first-order valence-corrected chi connectivity index (χ1v) is 10.8. The zero-order valence-electron chi connectivity index (χ0n) is 17.4. The molecule has 1 saturated heterocycles. The monoisotopic (exact) mass is 416 g/mol. The molecule has 2 heterocycles. The van der Waals surface area contributed by atoms with Crippen LogP contribution in [0.15, 0.2) is 66.9 Å². The Morgan fingerprint density at radius 2 is 1.71 bits per heavy atom. The molecule has 1 aliphatic carbocycles. The van der Waals surface area contributed by atoms with Gasteiger partial charge in [0.1, 0.15) is 11.6 Å². The number of nitrogens with zero attached hydrogens (tertiary/aromatic N) is 4. The number of amides is 1. The van der Waals surface area contributed by atoms with Crippen LogP contribution in [0.2, 0.25) is 0 Å². The molecule has 0 N–H and O–H groups in total. The first kappa shape index (κ1) is 19.7. The van der Waals surface area contributed by atoms with E-state index in [2.05, 4.69) is 9.88 Å². The molecule has 1 saturated carbocycles. The molecule has 0 radical (unpaired) electrons. The molecule has 0 unspecified atom stereocenters. The summed E-state index contributed by atoms with van der Waals surface area (Å²) in [4.78, 5) is 26.7. The molecule has 0 atom stereocenters. The molecule has 2 aromatic carbocycles. The Bertz CT molecular complexity index is 1080. The molecular formula is C25H25FN4O. The molecule has 1 aliphatic heterocycles. The highest BCUT2D eigenvalue weighted by atomic mass is 19.1. The summed E-state index contributed by atoms with van der Waals surface area (Å²) in [7, 11) is 0. The summed E-state index contributed by atoms with van der Waals surface area (Å²) in [6, 6.07) is 18.4. The van der Waals surface area contributed by atoms with Crippen LogP contribution in [-0.4, -0.2) is 47.0 Å². The van der Waals surface area contributed by atoms with Crippen LogP contribution < -0.4 is 4.90 Å². The van der Waals surface area contributed by atoms with Crippen LogP contribution >= 0.6 is 0 Å². The molecule has 5 nitrogen and oxygen atoms in total. The number of rotatable bonds is 4. The number of hydrogen-bond donors (Lipinski definition) is 0. The smallest absolute Gasteiger partial charge is 0.233 e. The minimum Gasteiger partial charge on any atom is -0.353 e. The Morgan fingerprint density at radius 1 is 0.935 bits per heavy atom. The third kappa shape index (κ3) is 3.67. The van der Waals surface area contributed by atoms with E-state index in [1.54, 1.807) is 12.3 Å². The van der Waals surface area contributed by atoms with E-state index in [1.807, 2.05) is 47.4 Å². The Kier molecular flexibility index (Phi) is 5.14. The van der Waals surface area contributed by atoms with E-state index in [0.717, 1.165) is 49.3 Å². The van der Waals surface area contributed by atoms with Gasteiger partial charge in [0.15, 0.2) is 5.82 Å². The van der Waals surface area contributed by atoms with Crippen LogP contribution in [0.25, 0.3) is 11.4 Å². The highest BCUT2D eigenvalue weighted by Crippen LogP contribution is 2.45. The SMILES string of the molecule is O=C(N1CCN(c2ccnc(-c3ccccc3)n2)CC1)C1(c2cccc(F)c2)CCC1. The normalized spacial score (nSPS) is 17.8. The van der Waals surface area contributed by atoms with Crippen molar-refractivity contribution in [1.29, 1.82) is 0 Å². The van der Waals surface area contributed by atoms with Crippen molar-refractivity contribution in [2.24, 2.45) is 0 Å². The van der Waals surface area contributed by atoms with Gasteiger partial charge in [0.05, 0.1) is 5.41 Å². The maximum Gasteiger partial charge on any atom is 0.233 e. The Hall–Kier alpha value is -3.28. The summed E-state index contributed by atoms with van der Waals surface area (Å²) in [6.07, 6.45) is 4.38. The fourth-order valence-corrected chi connectivity index (χ4v) is 4.64. The van der Waals surface area contributed by atoms with Gasteiger partial charge in [0.25, 0.3) is 0 Å². The van der Waals surface area contributed by atoms with E-state index >= 15 is 0 Å². The predicted octanol–water partition coefficient (Wildman–Crippen LogP) is 4.05. The van der Waals surface area contributed by atoms with Crippen molar-refractivity contribution in [2.75, 3.05) is 31.1 Å². The molecule has 2 aliphatic rings. The van der Waals surface area contributed by atoms with Gasteiger partial charge in [-0.2, -0.15) is 0 Å². The number of anilines is 1. The van der Waals surface area contributed by atoms with Crippen molar-refractivity contribution >= 4 is 11.7 Å². The maximum absolute atomic E-state index is 13.8. The first-order chi connectivity index (χ1) is 15.2. The summed E-state index contributed by atoms with van der Waals surface area (Å²) >= 11 is 0. The second-order valence-corrected chi connectivity index (χ2v) is 8.33. The Morgan fingerprint density at radius 3 is 2.39 bits per heavy atom. The van der Waals surface area contributed by atoms with E-state index in [4.69, 9.17) is 4.98 Å². The molecular weight excluding hydrogens is 391 g/mol. The Labute approximate surface area is 181 Å². The number of hydrogen-bond acceptors (Lipinski definition) is 4.